The lowest BCUT2D eigenvalue weighted by molar-refractivity contribution is 1.18. The minimum Gasteiger partial charge on any atom is -0.309 e. The van der Waals surface area contributed by atoms with E-state index in [4.69, 9.17) is 0 Å². The van der Waals surface area contributed by atoms with Crippen LogP contribution in [0.25, 0.3) is 103 Å². The number of fused-ring (bicyclic) bond motifs is 6. The van der Waals surface area contributed by atoms with Gasteiger partial charge in [-0.15, -0.1) is 11.3 Å². The van der Waals surface area contributed by atoms with Gasteiger partial charge in [-0.1, -0.05) is 170 Å². The van der Waals surface area contributed by atoms with Crippen molar-refractivity contribution < 1.29 is 0 Å². The smallest absolute Gasteiger partial charge is 0.0547 e. The maximum absolute atomic E-state index is 2.43. The SMILES string of the molecule is c1ccc(-c2ccc3c4ccc(-c5ccccc5)cc4n(-c4ccc(-c5cccc(-c6ccc(-c7ccc8c(c7)sc7ccccc78)cc6)c5)cc4)c3c2)cc1. The van der Waals surface area contributed by atoms with Gasteiger partial charge in [0.25, 0.3) is 0 Å². The molecule has 0 amide bonds. The van der Waals surface area contributed by atoms with Gasteiger partial charge in [0.05, 0.1) is 11.0 Å². The van der Waals surface area contributed by atoms with Gasteiger partial charge in [-0.2, -0.15) is 0 Å². The molecule has 0 atom stereocenters. The minimum absolute atomic E-state index is 1.14. The molecule has 9 aromatic carbocycles. The predicted molar refractivity (Wildman–Crippen MR) is 241 cm³/mol. The average Bonchev–Trinajstić information content (AvgIpc) is 3.82. The molecule has 0 aliphatic carbocycles. The van der Waals surface area contributed by atoms with Crippen LogP contribution >= 0.6 is 11.3 Å². The summed E-state index contributed by atoms with van der Waals surface area (Å²) < 4.78 is 5.11. The van der Waals surface area contributed by atoms with Gasteiger partial charge in [-0.25, -0.2) is 0 Å². The summed E-state index contributed by atoms with van der Waals surface area (Å²) in [5.74, 6) is 0. The van der Waals surface area contributed by atoms with Gasteiger partial charge in [0.15, 0.2) is 0 Å². The van der Waals surface area contributed by atoms with Crippen LogP contribution in [0.2, 0.25) is 0 Å². The van der Waals surface area contributed by atoms with E-state index in [0.717, 1.165) is 5.69 Å². The molecular weight excluding hydrogens is 695 g/mol. The molecule has 11 rings (SSSR count). The topological polar surface area (TPSA) is 4.93 Å². The van der Waals surface area contributed by atoms with Gasteiger partial charge >= 0.3 is 0 Å². The largest absolute Gasteiger partial charge is 0.309 e. The molecule has 0 bridgehead atoms. The predicted octanol–water partition coefficient (Wildman–Crippen LogP) is 15.5. The molecule has 0 saturated heterocycles. The van der Waals surface area contributed by atoms with E-state index in [1.165, 1.54) is 97.6 Å². The Bertz CT molecular complexity index is 3110. The van der Waals surface area contributed by atoms with Crippen molar-refractivity contribution in [2.45, 2.75) is 0 Å². The Labute approximate surface area is 330 Å². The van der Waals surface area contributed by atoms with E-state index in [0.29, 0.717) is 0 Å². The summed E-state index contributed by atoms with van der Waals surface area (Å²) in [7, 11) is 0. The minimum atomic E-state index is 1.14. The molecule has 0 unspecified atom stereocenters. The van der Waals surface area contributed by atoms with Gasteiger partial charge < -0.3 is 4.57 Å². The number of hydrogen-bond acceptors (Lipinski definition) is 1. The van der Waals surface area contributed by atoms with Gasteiger partial charge in [0.1, 0.15) is 0 Å². The Morgan fingerprint density at radius 3 is 1.21 bits per heavy atom. The average molecular weight is 730 g/mol. The molecule has 0 aliphatic heterocycles. The second kappa shape index (κ2) is 13.4. The highest BCUT2D eigenvalue weighted by Crippen LogP contribution is 2.39. The van der Waals surface area contributed by atoms with Crippen LogP contribution in [0, 0.1) is 0 Å². The fraction of sp³-hybridized carbons (Fsp3) is 0. The third-order valence-electron chi connectivity index (χ3n) is 11.2. The zero-order chi connectivity index (χ0) is 37.0. The molecule has 0 N–H and O–H groups in total. The van der Waals surface area contributed by atoms with Crippen molar-refractivity contribution in [3.8, 4) is 61.3 Å². The number of hydrogen-bond donors (Lipinski definition) is 0. The second-order valence-electron chi connectivity index (χ2n) is 14.5. The summed E-state index contributed by atoms with van der Waals surface area (Å²) >= 11 is 1.87. The second-order valence-corrected chi connectivity index (χ2v) is 15.6. The zero-order valence-corrected chi connectivity index (χ0v) is 31.4. The highest BCUT2D eigenvalue weighted by atomic mass is 32.1. The molecule has 262 valence electrons. The molecule has 0 spiro atoms. The fourth-order valence-corrected chi connectivity index (χ4v) is 9.50. The first kappa shape index (κ1) is 32.4. The Kier molecular flexibility index (Phi) is 7.75. The molecule has 56 heavy (non-hydrogen) atoms. The lowest BCUT2D eigenvalue weighted by atomic mass is 9.97. The maximum Gasteiger partial charge on any atom is 0.0547 e. The third-order valence-corrected chi connectivity index (χ3v) is 12.4. The number of nitrogens with zero attached hydrogens (tertiary/aromatic N) is 1. The van der Waals surface area contributed by atoms with Crippen molar-refractivity contribution in [2.24, 2.45) is 0 Å². The van der Waals surface area contributed by atoms with Gasteiger partial charge in [-0.05, 0) is 98.1 Å². The maximum atomic E-state index is 2.43. The standard InChI is InChI=1S/C54H35NS/c1-3-10-36(11-4-1)43-24-29-47-48-30-25-44(37-12-5-2-6-13-37)34-52(48)55(51(47)33-43)46-27-22-40(23-28-46)42-15-9-14-41(32-42)38-18-20-39(21-19-38)45-26-31-50-49-16-7-8-17-53(49)56-54(50)35-45/h1-35H. The lowest BCUT2D eigenvalue weighted by Crippen LogP contribution is -1.94. The molecule has 0 aliphatic rings. The monoisotopic (exact) mass is 729 g/mol. The number of benzene rings is 9. The van der Waals surface area contributed by atoms with Gasteiger partial charge in [0, 0.05) is 36.6 Å². The van der Waals surface area contributed by atoms with Crippen molar-refractivity contribution in [3.05, 3.63) is 212 Å². The molecular formula is C54H35NS. The van der Waals surface area contributed by atoms with Crippen LogP contribution in [0.4, 0.5) is 0 Å². The Morgan fingerprint density at radius 1 is 0.250 bits per heavy atom. The number of aromatic nitrogens is 1. The van der Waals surface area contributed by atoms with E-state index in [1.807, 2.05) is 11.3 Å². The van der Waals surface area contributed by atoms with Crippen LogP contribution in [0.3, 0.4) is 0 Å². The van der Waals surface area contributed by atoms with E-state index in [9.17, 15) is 0 Å². The molecule has 2 heterocycles. The molecule has 0 fully saturated rings. The molecule has 0 saturated carbocycles. The van der Waals surface area contributed by atoms with E-state index in [2.05, 4.69) is 217 Å². The Balaban J connectivity index is 0.941. The van der Waals surface area contributed by atoms with Crippen molar-refractivity contribution >= 4 is 53.3 Å². The van der Waals surface area contributed by atoms with Crippen LogP contribution in [-0.4, -0.2) is 4.57 Å². The van der Waals surface area contributed by atoms with E-state index < -0.39 is 0 Å². The molecule has 2 aromatic heterocycles. The lowest BCUT2D eigenvalue weighted by Gasteiger charge is -2.12. The summed E-state index contributed by atoms with van der Waals surface area (Å²) in [4.78, 5) is 0. The third kappa shape index (κ3) is 5.62. The summed E-state index contributed by atoms with van der Waals surface area (Å²) in [5, 5.41) is 5.18. The molecule has 11 aromatic rings. The van der Waals surface area contributed by atoms with Crippen LogP contribution < -0.4 is 0 Å². The van der Waals surface area contributed by atoms with Gasteiger partial charge in [-0.3, -0.25) is 0 Å². The fourth-order valence-electron chi connectivity index (χ4n) is 8.36. The van der Waals surface area contributed by atoms with Crippen molar-refractivity contribution in [1.82, 2.24) is 4.57 Å². The highest BCUT2D eigenvalue weighted by Gasteiger charge is 2.15. The summed E-state index contributed by atoms with van der Waals surface area (Å²) in [6, 6.07) is 77.6. The van der Waals surface area contributed by atoms with Crippen LogP contribution in [0.1, 0.15) is 0 Å². The molecule has 2 heteroatoms. The number of thiophene rings is 1. The van der Waals surface area contributed by atoms with Crippen LogP contribution in [-0.2, 0) is 0 Å². The quantitative estimate of drug-likeness (QED) is 0.161. The van der Waals surface area contributed by atoms with Crippen molar-refractivity contribution in [3.63, 3.8) is 0 Å². The van der Waals surface area contributed by atoms with E-state index >= 15 is 0 Å². The zero-order valence-electron chi connectivity index (χ0n) is 30.6. The number of rotatable bonds is 6. The van der Waals surface area contributed by atoms with Gasteiger partial charge in [0.2, 0.25) is 0 Å². The molecule has 0 radical (unpaired) electrons. The van der Waals surface area contributed by atoms with Crippen LogP contribution in [0.15, 0.2) is 212 Å². The first-order valence-electron chi connectivity index (χ1n) is 19.2. The summed E-state index contributed by atoms with van der Waals surface area (Å²) in [6.07, 6.45) is 0. The van der Waals surface area contributed by atoms with Crippen molar-refractivity contribution in [1.29, 1.82) is 0 Å². The van der Waals surface area contributed by atoms with E-state index in [-0.39, 0.29) is 0 Å². The Morgan fingerprint density at radius 2 is 0.643 bits per heavy atom. The Hall–Kier alpha value is -7.00. The molecule has 1 nitrogen and oxygen atoms in total. The highest BCUT2D eigenvalue weighted by molar-refractivity contribution is 7.25. The first-order chi connectivity index (χ1) is 27.7. The van der Waals surface area contributed by atoms with Crippen LogP contribution in [0.5, 0.6) is 0 Å². The summed E-state index contributed by atoms with van der Waals surface area (Å²) in [6.45, 7) is 0. The normalized spacial score (nSPS) is 11.6. The van der Waals surface area contributed by atoms with E-state index in [1.54, 1.807) is 0 Å². The summed E-state index contributed by atoms with van der Waals surface area (Å²) in [5.41, 5.74) is 15.7. The first-order valence-corrected chi connectivity index (χ1v) is 20.0. The van der Waals surface area contributed by atoms with Crippen molar-refractivity contribution in [2.75, 3.05) is 0 Å².